The second-order valence-electron chi connectivity index (χ2n) is 4.15. The summed E-state index contributed by atoms with van der Waals surface area (Å²) in [7, 11) is 0. The number of thiazole rings is 1. The van der Waals surface area contributed by atoms with Crippen molar-refractivity contribution in [2.24, 2.45) is 5.73 Å². The van der Waals surface area contributed by atoms with Crippen molar-refractivity contribution in [2.75, 3.05) is 19.6 Å². The molecule has 0 radical (unpaired) electrons. The van der Waals surface area contributed by atoms with Crippen molar-refractivity contribution in [1.82, 2.24) is 10.3 Å². The summed E-state index contributed by atoms with van der Waals surface area (Å²) in [6.07, 6.45) is 2.01. The van der Waals surface area contributed by atoms with Crippen LogP contribution in [0.25, 0.3) is 10.6 Å². The third-order valence-electron chi connectivity index (χ3n) is 2.69. The molecule has 0 fully saturated rings. The number of rotatable bonds is 7. The molecule has 0 aliphatic carbocycles. The van der Waals surface area contributed by atoms with Gasteiger partial charge in [0.1, 0.15) is 5.01 Å². The standard InChI is InChI=1S/C14H19N3S/c15-8-4-9-16-10-7-13-11-18-14(17-13)12-5-2-1-3-6-12/h1-3,5-6,11,16H,4,7-10,15H2. The van der Waals surface area contributed by atoms with Gasteiger partial charge in [0, 0.05) is 23.9 Å². The molecule has 3 nitrogen and oxygen atoms in total. The van der Waals surface area contributed by atoms with Crippen LogP contribution in [-0.2, 0) is 6.42 Å². The lowest BCUT2D eigenvalue weighted by atomic mass is 10.2. The number of aromatic nitrogens is 1. The van der Waals surface area contributed by atoms with Crippen LogP contribution in [0.2, 0.25) is 0 Å². The first-order valence-electron chi connectivity index (χ1n) is 6.31. The van der Waals surface area contributed by atoms with Crippen LogP contribution in [-0.4, -0.2) is 24.6 Å². The van der Waals surface area contributed by atoms with Gasteiger partial charge in [-0.15, -0.1) is 11.3 Å². The van der Waals surface area contributed by atoms with Crippen LogP contribution >= 0.6 is 11.3 Å². The van der Waals surface area contributed by atoms with Crippen molar-refractivity contribution >= 4 is 11.3 Å². The number of hydrogen-bond acceptors (Lipinski definition) is 4. The smallest absolute Gasteiger partial charge is 0.123 e. The molecule has 18 heavy (non-hydrogen) atoms. The van der Waals surface area contributed by atoms with Gasteiger partial charge in [-0.25, -0.2) is 4.98 Å². The number of nitrogens with zero attached hydrogens (tertiary/aromatic N) is 1. The summed E-state index contributed by atoms with van der Waals surface area (Å²) in [6.45, 7) is 2.71. The molecule has 0 aliphatic rings. The summed E-state index contributed by atoms with van der Waals surface area (Å²) in [5.41, 5.74) is 7.80. The van der Waals surface area contributed by atoms with Crippen molar-refractivity contribution in [1.29, 1.82) is 0 Å². The van der Waals surface area contributed by atoms with Crippen molar-refractivity contribution in [3.63, 3.8) is 0 Å². The normalized spacial score (nSPS) is 10.7. The van der Waals surface area contributed by atoms with Gasteiger partial charge in [-0.3, -0.25) is 0 Å². The Kier molecular flexibility index (Phi) is 5.33. The molecule has 3 N–H and O–H groups in total. The van der Waals surface area contributed by atoms with Crippen LogP contribution in [0.3, 0.4) is 0 Å². The molecule has 1 heterocycles. The van der Waals surface area contributed by atoms with Crippen molar-refractivity contribution < 1.29 is 0 Å². The van der Waals surface area contributed by atoms with Crippen LogP contribution in [0.1, 0.15) is 12.1 Å². The van der Waals surface area contributed by atoms with Crippen molar-refractivity contribution in [3.8, 4) is 10.6 Å². The molecule has 4 heteroatoms. The Bertz CT molecular complexity index is 453. The molecule has 0 amide bonds. The third-order valence-corrected chi connectivity index (χ3v) is 3.63. The second kappa shape index (κ2) is 7.26. The Hall–Kier alpha value is -1.23. The SMILES string of the molecule is NCCCNCCc1csc(-c2ccccc2)n1. The van der Waals surface area contributed by atoms with Crippen molar-refractivity contribution in [2.45, 2.75) is 12.8 Å². The predicted octanol–water partition coefficient (Wildman–Crippen LogP) is 2.29. The van der Waals surface area contributed by atoms with E-state index in [1.807, 2.05) is 18.2 Å². The van der Waals surface area contributed by atoms with E-state index in [4.69, 9.17) is 5.73 Å². The molecule has 0 aliphatic heterocycles. The average molecular weight is 261 g/mol. The Balaban J connectivity index is 1.83. The highest BCUT2D eigenvalue weighted by Crippen LogP contribution is 2.23. The van der Waals surface area contributed by atoms with E-state index in [2.05, 4.69) is 27.8 Å². The van der Waals surface area contributed by atoms with E-state index in [-0.39, 0.29) is 0 Å². The fourth-order valence-electron chi connectivity index (χ4n) is 1.70. The lowest BCUT2D eigenvalue weighted by Gasteiger charge is -2.01. The fraction of sp³-hybridized carbons (Fsp3) is 0.357. The largest absolute Gasteiger partial charge is 0.330 e. The van der Waals surface area contributed by atoms with E-state index < -0.39 is 0 Å². The molecule has 2 rings (SSSR count). The zero-order chi connectivity index (χ0) is 12.6. The van der Waals surface area contributed by atoms with E-state index in [1.165, 1.54) is 11.3 Å². The van der Waals surface area contributed by atoms with E-state index in [0.717, 1.165) is 37.5 Å². The van der Waals surface area contributed by atoms with E-state index >= 15 is 0 Å². The summed E-state index contributed by atoms with van der Waals surface area (Å²) in [4.78, 5) is 4.65. The first kappa shape index (κ1) is 13.2. The Morgan fingerprint density at radius 1 is 1.17 bits per heavy atom. The summed E-state index contributed by atoms with van der Waals surface area (Å²) >= 11 is 1.71. The Morgan fingerprint density at radius 3 is 2.78 bits per heavy atom. The van der Waals surface area contributed by atoms with Gasteiger partial charge in [0.2, 0.25) is 0 Å². The van der Waals surface area contributed by atoms with Crippen LogP contribution in [0, 0.1) is 0 Å². The number of hydrogen-bond donors (Lipinski definition) is 2. The third kappa shape index (κ3) is 3.91. The number of nitrogens with two attached hydrogens (primary N) is 1. The molecular formula is C14H19N3S. The summed E-state index contributed by atoms with van der Waals surface area (Å²) < 4.78 is 0. The molecule has 0 atom stereocenters. The van der Waals surface area contributed by atoms with Crippen LogP contribution in [0.4, 0.5) is 0 Å². The molecule has 96 valence electrons. The van der Waals surface area contributed by atoms with Crippen molar-refractivity contribution in [3.05, 3.63) is 41.4 Å². The lowest BCUT2D eigenvalue weighted by molar-refractivity contribution is 0.650. The van der Waals surface area contributed by atoms with E-state index in [1.54, 1.807) is 11.3 Å². The maximum Gasteiger partial charge on any atom is 0.123 e. The first-order valence-corrected chi connectivity index (χ1v) is 7.18. The zero-order valence-electron chi connectivity index (χ0n) is 10.4. The lowest BCUT2D eigenvalue weighted by Crippen LogP contribution is -2.20. The van der Waals surface area contributed by atoms with Crippen LogP contribution in [0.5, 0.6) is 0 Å². The summed E-state index contributed by atoms with van der Waals surface area (Å²) in [5.74, 6) is 0. The molecule has 2 aromatic rings. The zero-order valence-corrected chi connectivity index (χ0v) is 11.2. The maximum atomic E-state index is 5.44. The predicted molar refractivity (Wildman–Crippen MR) is 77.8 cm³/mol. The highest BCUT2D eigenvalue weighted by molar-refractivity contribution is 7.13. The van der Waals surface area contributed by atoms with Gasteiger partial charge < -0.3 is 11.1 Å². The molecule has 0 saturated carbocycles. The fourth-order valence-corrected chi connectivity index (χ4v) is 2.56. The highest BCUT2D eigenvalue weighted by atomic mass is 32.1. The Morgan fingerprint density at radius 2 is 2.00 bits per heavy atom. The minimum atomic E-state index is 0.752. The van der Waals surface area contributed by atoms with E-state index in [0.29, 0.717) is 0 Å². The van der Waals surface area contributed by atoms with E-state index in [9.17, 15) is 0 Å². The number of benzene rings is 1. The van der Waals surface area contributed by atoms with Gasteiger partial charge in [-0.1, -0.05) is 30.3 Å². The summed E-state index contributed by atoms with van der Waals surface area (Å²) in [6, 6.07) is 10.3. The monoisotopic (exact) mass is 261 g/mol. The van der Waals surface area contributed by atoms with Crippen LogP contribution in [0.15, 0.2) is 35.7 Å². The maximum absolute atomic E-state index is 5.44. The molecule has 1 aromatic heterocycles. The molecule has 0 unspecified atom stereocenters. The molecule has 0 spiro atoms. The molecular weight excluding hydrogens is 242 g/mol. The molecule has 0 saturated heterocycles. The summed E-state index contributed by atoms with van der Waals surface area (Å²) in [5, 5.41) is 6.62. The average Bonchev–Trinajstić information content (AvgIpc) is 2.88. The van der Waals surface area contributed by atoms with Gasteiger partial charge in [0.25, 0.3) is 0 Å². The highest BCUT2D eigenvalue weighted by Gasteiger charge is 2.03. The number of nitrogens with one attached hydrogen (secondary N) is 1. The van der Waals surface area contributed by atoms with Gasteiger partial charge >= 0.3 is 0 Å². The van der Waals surface area contributed by atoms with Gasteiger partial charge in [-0.05, 0) is 19.5 Å². The molecule has 1 aromatic carbocycles. The minimum absolute atomic E-state index is 0.752. The van der Waals surface area contributed by atoms with Gasteiger partial charge in [0.15, 0.2) is 0 Å². The minimum Gasteiger partial charge on any atom is -0.330 e. The topological polar surface area (TPSA) is 50.9 Å². The Labute approximate surface area is 112 Å². The second-order valence-corrected chi connectivity index (χ2v) is 5.01. The van der Waals surface area contributed by atoms with Gasteiger partial charge in [-0.2, -0.15) is 0 Å². The first-order chi connectivity index (χ1) is 8.90. The quantitative estimate of drug-likeness (QED) is 0.752. The van der Waals surface area contributed by atoms with Crippen LogP contribution < -0.4 is 11.1 Å². The van der Waals surface area contributed by atoms with Gasteiger partial charge in [0.05, 0.1) is 5.69 Å². The molecule has 0 bridgehead atoms.